The Hall–Kier alpha value is -3.45. The summed E-state index contributed by atoms with van der Waals surface area (Å²) < 4.78 is 10.4. The molecule has 4 rings (SSSR count). The van der Waals surface area contributed by atoms with Gasteiger partial charge >= 0.3 is 5.97 Å². The second kappa shape index (κ2) is 11.6. The van der Waals surface area contributed by atoms with Crippen LogP contribution in [0.3, 0.4) is 0 Å². The predicted molar refractivity (Wildman–Crippen MR) is 133 cm³/mol. The van der Waals surface area contributed by atoms with E-state index in [-0.39, 0.29) is 11.9 Å². The monoisotopic (exact) mass is 460 g/mol. The number of rotatable bonds is 9. The van der Waals surface area contributed by atoms with Gasteiger partial charge in [-0.2, -0.15) is 0 Å². The van der Waals surface area contributed by atoms with E-state index < -0.39 is 0 Å². The molecule has 1 N–H and O–H groups in total. The van der Waals surface area contributed by atoms with Gasteiger partial charge in [0.25, 0.3) is 0 Å². The summed E-state index contributed by atoms with van der Waals surface area (Å²) in [5.41, 5.74) is 4.20. The van der Waals surface area contributed by atoms with Crippen LogP contribution in [0.1, 0.15) is 25.3 Å². The Kier molecular flexibility index (Phi) is 8.09. The average Bonchev–Trinajstić information content (AvgIpc) is 2.89. The van der Waals surface area contributed by atoms with Crippen molar-refractivity contribution in [3.8, 4) is 16.9 Å². The van der Waals surface area contributed by atoms with Crippen LogP contribution in [0.2, 0.25) is 0 Å². The normalized spacial score (nSPS) is 16.1. The first-order chi connectivity index (χ1) is 16.6. The molecule has 3 aromatic rings. The van der Waals surface area contributed by atoms with Gasteiger partial charge in [-0.25, -0.2) is 9.97 Å². The molecule has 2 heterocycles. The number of benzene rings is 2. The van der Waals surface area contributed by atoms with Gasteiger partial charge in [0, 0.05) is 36.7 Å². The van der Waals surface area contributed by atoms with E-state index in [0.717, 1.165) is 61.5 Å². The summed E-state index contributed by atoms with van der Waals surface area (Å²) in [4.78, 5) is 23.3. The van der Waals surface area contributed by atoms with Gasteiger partial charge in [-0.1, -0.05) is 24.3 Å². The predicted octanol–water partition coefficient (Wildman–Crippen LogP) is 4.71. The number of carbonyl (C=O) groups is 1. The lowest BCUT2D eigenvalue weighted by Crippen LogP contribution is -2.40. The summed E-state index contributed by atoms with van der Waals surface area (Å²) in [5, 5.41) is 3.26. The number of anilines is 2. The van der Waals surface area contributed by atoms with E-state index in [0.29, 0.717) is 12.6 Å². The summed E-state index contributed by atoms with van der Waals surface area (Å²) in [6.07, 6.45) is 6.55. The molecule has 1 atom stereocenters. The van der Waals surface area contributed by atoms with Gasteiger partial charge in [0.2, 0.25) is 5.95 Å². The Morgan fingerprint density at radius 2 is 1.79 bits per heavy atom. The zero-order valence-electron chi connectivity index (χ0n) is 19.9. The van der Waals surface area contributed by atoms with Crippen molar-refractivity contribution in [3.05, 3.63) is 66.5 Å². The highest BCUT2D eigenvalue weighted by Crippen LogP contribution is 2.23. The van der Waals surface area contributed by atoms with E-state index >= 15 is 0 Å². The quantitative estimate of drug-likeness (QED) is 0.463. The maximum atomic E-state index is 12.0. The Bertz CT molecular complexity index is 1050. The molecule has 1 aromatic heterocycles. The van der Waals surface area contributed by atoms with Gasteiger partial charge in [0.15, 0.2) is 0 Å². The van der Waals surface area contributed by atoms with Crippen LogP contribution in [0.15, 0.2) is 60.9 Å². The number of carbonyl (C=O) groups excluding carboxylic acids is 1. The van der Waals surface area contributed by atoms with Gasteiger partial charge in [-0.3, -0.25) is 4.79 Å². The SMILES string of the molecule is CCOC(=O)C1CCCN(CCc2ccc(Nc3ncc(-c4ccc(OC)cc4)cn3)cc2)C1. The van der Waals surface area contributed by atoms with Crippen LogP contribution in [0, 0.1) is 5.92 Å². The third-order valence-corrected chi connectivity index (χ3v) is 6.13. The van der Waals surface area contributed by atoms with Gasteiger partial charge < -0.3 is 19.7 Å². The number of ether oxygens (including phenoxy) is 2. The first-order valence-electron chi connectivity index (χ1n) is 11.9. The molecule has 7 heteroatoms. The van der Waals surface area contributed by atoms with Crippen molar-refractivity contribution in [1.29, 1.82) is 0 Å². The third kappa shape index (κ3) is 6.32. The van der Waals surface area contributed by atoms with Crippen LogP contribution >= 0.6 is 0 Å². The molecule has 0 aliphatic carbocycles. The van der Waals surface area contributed by atoms with E-state index in [4.69, 9.17) is 9.47 Å². The van der Waals surface area contributed by atoms with Gasteiger partial charge in [-0.15, -0.1) is 0 Å². The molecule has 1 aliphatic heterocycles. The lowest BCUT2D eigenvalue weighted by Gasteiger charge is -2.31. The lowest BCUT2D eigenvalue weighted by molar-refractivity contribution is -0.149. The summed E-state index contributed by atoms with van der Waals surface area (Å²) in [7, 11) is 1.66. The summed E-state index contributed by atoms with van der Waals surface area (Å²) in [6.45, 7) is 5.09. The molecule has 0 amide bonds. The van der Waals surface area contributed by atoms with Crippen LogP contribution in [-0.4, -0.2) is 54.2 Å². The number of aromatic nitrogens is 2. The van der Waals surface area contributed by atoms with E-state index in [1.54, 1.807) is 7.11 Å². The largest absolute Gasteiger partial charge is 0.497 e. The van der Waals surface area contributed by atoms with Gasteiger partial charge in [0.1, 0.15) is 5.75 Å². The highest BCUT2D eigenvalue weighted by atomic mass is 16.5. The zero-order valence-corrected chi connectivity index (χ0v) is 19.9. The Morgan fingerprint density at radius 3 is 2.47 bits per heavy atom. The van der Waals surface area contributed by atoms with E-state index in [9.17, 15) is 4.79 Å². The number of hydrogen-bond donors (Lipinski definition) is 1. The molecule has 1 saturated heterocycles. The number of methoxy groups -OCH3 is 1. The Balaban J connectivity index is 1.27. The second-order valence-corrected chi connectivity index (χ2v) is 8.49. The lowest BCUT2D eigenvalue weighted by atomic mass is 9.98. The number of nitrogens with one attached hydrogen (secondary N) is 1. The highest BCUT2D eigenvalue weighted by Gasteiger charge is 2.26. The van der Waals surface area contributed by atoms with Gasteiger partial charge in [0.05, 0.1) is 19.6 Å². The molecule has 2 aromatic carbocycles. The van der Waals surface area contributed by atoms with Crippen LogP contribution in [0.4, 0.5) is 11.6 Å². The summed E-state index contributed by atoms with van der Waals surface area (Å²) in [5.74, 6) is 1.34. The molecule has 1 fully saturated rings. The van der Waals surface area contributed by atoms with E-state index in [2.05, 4.69) is 32.3 Å². The molecule has 0 saturated carbocycles. The second-order valence-electron chi connectivity index (χ2n) is 8.49. The molecule has 178 valence electrons. The number of nitrogens with zero attached hydrogens (tertiary/aromatic N) is 3. The standard InChI is InChI=1S/C27H32N4O3/c1-3-34-26(32)22-5-4-15-31(19-22)16-14-20-6-10-24(11-7-20)30-27-28-17-23(18-29-27)21-8-12-25(33-2)13-9-21/h6-13,17-18,22H,3-5,14-16,19H2,1-2H3,(H,28,29,30). The summed E-state index contributed by atoms with van der Waals surface area (Å²) >= 11 is 0. The van der Waals surface area contributed by atoms with Crippen molar-refractivity contribution in [2.75, 3.05) is 38.7 Å². The number of esters is 1. The van der Waals surface area contributed by atoms with Crippen molar-refractivity contribution < 1.29 is 14.3 Å². The van der Waals surface area contributed by atoms with Crippen molar-refractivity contribution in [2.45, 2.75) is 26.2 Å². The smallest absolute Gasteiger partial charge is 0.310 e. The maximum absolute atomic E-state index is 12.0. The fourth-order valence-electron chi connectivity index (χ4n) is 4.21. The molecule has 1 unspecified atom stereocenters. The first kappa shape index (κ1) is 23.7. The number of piperidine rings is 1. The minimum Gasteiger partial charge on any atom is -0.497 e. The van der Waals surface area contributed by atoms with Crippen LogP contribution in [0.25, 0.3) is 11.1 Å². The minimum absolute atomic E-state index is 0.0105. The fraction of sp³-hybridized carbons (Fsp3) is 0.370. The van der Waals surface area contributed by atoms with Crippen LogP contribution in [-0.2, 0) is 16.0 Å². The molecule has 1 aliphatic rings. The fourth-order valence-corrected chi connectivity index (χ4v) is 4.21. The molecular formula is C27H32N4O3. The van der Waals surface area contributed by atoms with Crippen LogP contribution in [0.5, 0.6) is 5.75 Å². The Labute approximate surface area is 201 Å². The minimum atomic E-state index is -0.0538. The van der Waals surface area contributed by atoms with Crippen molar-refractivity contribution in [1.82, 2.24) is 14.9 Å². The van der Waals surface area contributed by atoms with Crippen molar-refractivity contribution in [3.63, 3.8) is 0 Å². The molecule has 0 spiro atoms. The van der Waals surface area contributed by atoms with E-state index in [1.807, 2.05) is 55.7 Å². The molecule has 0 bridgehead atoms. The molecule has 7 nitrogen and oxygen atoms in total. The van der Waals surface area contributed by atoms with E-state index in [1.165, 1.54) is 5.56 Å². The van der Waals surface area contributed by atoms with Crippen molar-refractivity contribution >= 4 is 17.6 Å². The average molecular weight is 461 g/mol. The van der Waals surface area contributed by atoms with Crippen molar-refractivity contribution in [2.24, 2.45) is 5.92 Å². The third-order valence-electron chi connectivity index (χ3n) is 6.13. The van der Waals surface area contributed by atoms with Gasteiger partial charge in [-0.05, 0) is 68.1 Å². The molecular weight excluding hydrogens is 428 g/mol. The highest BCUT2D eigenvalue weighted by molar-refractivity contribution is 5.72. The Morgan fingerprint density at radius 1 is 1.06 bits per heavy atom. The summed E-state index contributed by atoms with van der Waals surface area (Å²) in [6, 6.07) is 16.2. The zero-order chi connectivity index (χ0) is 23.8. The topological polar surface area (TPSA) is 76.6 Å². The first-order valence-corrected chi connectivity index (χ1v) is 11.9. The molecule has 34 heavy (non-hydrogen) atoms. The number of likely N-dealkylation sites (tertiary alicyclic amines) is 1. The molecule has 0 radical (unpaired) electrons. The maximum Gasteiger partial charge on any atom is 0.310 e. The number of hydrogen-bond acceptors (Lipinski definition) is 7. The van der Waals surface area contributed by atoms with Crippen LogP contribution < -0.4 is 10.1 Å².